The highest BCUT2D eigenvalue weighted by Gasteiger charge is 2.19. The summed E-state index contributed by atoms with van der Waals surface area (Å²) < 4.78 is 5.03. The predicted octanol–water partition coefficient (Wildman–Crippen LogP) is 3.74. The number of carbonyl (C=O) groups is 3. The Morgan fingerprint density at radius 3 is 2.50 bits per heavy atom. The van der Waals surface area contributed by atoms with Gasteiger partial charge in [-0.15, -0.1) is 11.3 Å². The van der Waals surface area contributed by atoms with Crippen molar-refractivity contribution in [2.75, 3.05) is 5.32 Å². The van der Waals surface area contributed by atoms with Gasteiger partial charge in [0.15, 0.2) is 6.10 Å². The Bertz CT molecular complexity index is 859. The maximum absolute atomic E-state index is 12.1. The number of halogens is 2. The molecule has 0 saturated carbocycles. The molecular weight excluding hydrogens is 399 g/mol. The molecule has 136 valence electrons. The van der Waals surface area contributed by atoms with Crippen molar-refractivity contribution in [3.05, 3.63) is 56.9 Å². The third-order valence-corrected chi connectivity index (χ3v) is 4.70. The minimum absolute atomic E-state index is 0.190. The fourth-order valence-electron chi connectivity index (χ4n) is 1.90. The number of ether oxygens (including phenoxy) is 1. The lowest BCUT2D eigenvalue weighted by molar-refractivity contribution is -0.148. The molecule has 1 aromatic heterocycles. The molecule has 2 amide bonds. The average molecular weight is 413 g/mol. The average Bonchev–Trinajstić information content (AvgIpc) is 3.02. The van der Waals surface area contributed by atoms with Crippen molar-refractivity contribution in [2.45, 2.75) is 13.0 Å². The number of anilines is 1. The summed E-state index contributed by atoms with van der Waals surface area (Å²) in [5.74, 6) is -2.00. The molecule has 1 aromatic carbocycles. The zero-order valence-corrected chi connectivity index (χ0v) is 15.8. The van der Waals surface area contributed by atoms with E-state index in [-0.39, 0.29) is 5.56 Å². The van der Waals surface area contributed by atoms with E-state index in [0.717, 1.165) is 17.4 Å². The van der Waals surface area contributed by atoms with Crippen LogP contribution in [0.3, 0.4) is 0 Å². The summed E-state index contributed by atoms with van der Waals surface area (Å²) in [4.78, 5) is 35.2. The first-order valence-electron chi connectivity index (χ1n) is 7.30. The van der Waals surface area contributed by atoms with Crippen LogP contribution >= 0.6 is 34.5 Å². The number of primary amides is 1. The Morgan fingerprint density at radius 2 is 1.88 bits per heavy atom. The van der Waals surface area contributed by atoms with Gasteiger partial charge in [0.05, 0.1) is 5.56 Å². The highest BCUT2D eigenvalue weighted by Crippen LogP contribution is 2.25. The largest absolute Gasteiger partial charge is 0.449 e. The highest BCUT2D eigenvalue weighted by atomic mass is 35.5. The second-order valence-corrected chi connectivity index (χ2v) is 6.80. The molecule has 6 nitrogen and oxygen atoms in total. The van der Waals surface area contributed by atoms with Gasteiger partial charge in [0.25, 0.3) is 11.8 Å². The van der Waals surface area contributed by atoms with E-state index >= 15 is 0 Å². The molecule has 0 fully saturated rings. The van der Waals surface area contributed by atoms with Crippen molar-refractivity contribution in [1.82, 2.24) is 0 Å². The van der Waals surface area contributed by atoms with Gasteiger partial charge in [0, 0.05) is 21.7 Å². The summed E-state index contributed by atoms with van der Waals surface area (Å²) in [6.07, 6.45) is 1.44. The van der Waals surface area contributed by atoms with Crippen molar-refractivity contribution < 1.29 is 19.1 Å². The van der Waals surface area contributed by atoms with Crippen LogP contribution in [0, 0.1) is 0 Å². The first kappa shape index (κ1) is 20.0. The fourth-order valence-corrected chi connectivity index (χ4v) is 3.22. The van der Waals surface area contributed by atoms with Crippen LogP contribution in [0.5, 0.6) is 0 Å². The molecule has 2 aromatic rings. The van der Waals surface area contributed by atoms with E-state index in [1.54, 1.807) is 23.6 Å². The molecule has 0 saturated heterocycles. The monoisotopic (exact) mass is 412 g/mol. The molecule has 3 N–H and O–H groups in total. The summed E-state index contributed by atoms with van der Waals surface area (Å²) in [6, 6.07) is 6.44. The quantitative estimate of drug-likeness (QED) is 0.557. The van der Waals surface area contributed by atoms with E-state index < -0.39 is 23.9 Å². The Kier molecular flexibility index (Phi) is 6.79. The van der Waals surface area contributed by atoms with Gasteiger partial charge in [-0.1, -0.05) is 29.3 Å². The molecule has 0 radical (unpaired) electrons. The number of amides is 2. The van der Waals surface area contributed by atoms with E-state index in [0.29, 0.717) is 20.6 Å². The number of nitrogens with one attached hydrogen (secondary N) is 1. The zero-order valence-electron chi connectivity index (χ0n) is 13.5. The minimum atomic E-state index is -1.09. The van der Waals surface area contributed by atoms with Gasteiger partial charge in [0.2, 0.25) is 0 Å². The van der Waals surface area contributed by atoms with Crippen LogP contribution in [-0.4, -0.2) is 23.9 Å². The molecule has 0 bridgehead atoms. The van der Waals surface area contributed by atoms with Gasteiger partial charge < -0.3 is 15.8 Å². The van der Waals surface area contributed by atoms with Crippen molar-refractivity contribution >= 4 is 63.4 Å². The Labute approximate surface area is 163 Å². The number of hydrogen-bond donors (Lipinski definition) is 2. The molecule has 26 heavy (non-hydrogen) atoms. The van der Waals surface area contributed by atoms with Gasteiger partial charge >= 0.3 is 5.97 Å². The van der Waals surface area contributed by atoms with Crippen molar-refractivity contribution in [3.63, 3.8) is 0 Å². The highest BCUT2D eigenvalue weighted by molar-refractivity contribution is 7.14. The van der Waals surface area contributed by atoms with Crippen molar-refractivity contribution in [1.29, 1.82) is 0 Å². The van der Waals surface area contributed by atoms with Crippen molar-refractivity contribution in [2.24, 2.45) is 5.73 Å². The summed E-state index contributed by atoms with van der Waals surface area (Å²) in [6.45, 7) is 1.40. The molecule has 0 unspecified atom stereocenters. The maximum atomic E-state index is 12.1. The molecule has 0 spiro atoms. The molecule has 1 atom stereocenters. The van der Waals surface area contributed by atoms with Gasteiger partial charge in [-0.25, -0.2) is 4.79 Å². The lowest BCUT2D eigenvalue weighted by Gasteiger charge is -2.12. The van der Waals surface area contributed by atoms with Gasteiger partial charge in [-0.2, -0.15) is 0 Å². The lowest BCUT2D eigenvalue weighted by atomic mass is 10.2. The summed E-state index contributed by atoms with van der Waals surface area (Å²) in [5, 5.41) is 5.17. The molecule has 2 rings (SSSR count). The number of thiophene rings is 1. The molecule has 1 heterocycles. The third-order valence-electron chi connectivity index (χ3n) is 3.22. The van der Waals surface area contributed by atoms with E-state index in [2.05, 4.69) is 5.32 Å². The summed E-state index contributed by atoms with van der Waals surface area (Å²) in [5.41, 5.74) is 5.87. The first-order valence-corrected chi connectivity index (χ1v) is 8.94. The van der Waals surface area contributed by atoms with Gasteiger partial charge in [-0.05, 0) is 36.6 Å². The van der Waals surface area contributed by atoms with Gasteiger partial charge in [-0.3, -0.25) is 9.59 Å². The van der Waals surface area contributed by atoms with Crippen molar-refractivity contribution in [3.8, 4) is 0 Å². The van der Waals surface area contributed by atoms with Crippen LogP contribution in [0.1, 0.15) is 22.8 Å². The summed E-state index contributed by atoms with van der Waals surface area (Å²) in [7, 11) is 0. The standard InChI is InChI=1S/C17H14Cl2N2O4S/c1-9(16(24)21-17-11(15(20)23)7-8-26-17)25-14(22)6-5-10-12(18)3-2-4-13(10)19/h2-9H,1H3,(H2,20,23)(H,21,24)/b6-5+/t9-/m1/s1. The minimum Gasteiger partial charge on any atom is -0.449 e. The van der Waals surface area contributed by atoms with E-state index in [1.807, 2.05) is 0 Å². The fraction of sp³-hybridized carbons (Fsp3) is 0.118. The zero-order chi connectivity index (χ0) is 19.3. The normalized spacial score (nSPS) is 12.0. The lowest BCUT2D eigenvalue weighted by Crippen LogP contribution is -2.29. The summed E-state index contributed by atoms with van der Waals surface area (Å²) >= 11 is 13.1. The number of esters is 1. The third kappa shape index (κ3) is 5.08. The van der Waals surface area contributed by atoms with E-state index in [9.17, 15) is 14.4 Å². The van der Waals surface area contributed by atoms with Crippen LogP contribution in [0.15, 0.2) is 35.7 Å². The second-order valence-electron chi connectivity index (χ2n) is 5.06. The van der Waals surface area contributed by atoms with Crippen LogP contribution in [0.4, 0.5) is 5.00 Å². The van der Waals surface area contributed by atoms with Crippen LogP contribution in [-0.2, 0) is 14.3 Å². The Morgan fingerprint density at radius 1 is 1.23 bits per heavy atom. The first-order chi connectivity index (χ1) is 12.3. The van der Waals surface area contributed by atoms with Crippen LogP contribution < -0.4 is 11.1 Å². The Balaban J connectivity index is 1.98. The second kappa shape index (κ2) is 8.84. The van der Waals surface area contributed by atoms with E-state index in [1.165, 1.54) is 19.1 Å². The molecule has 0 aliphatic heterocycles. The number of benzene rings is 1. The number of carbonyl (C=O) groups excluding carboxylic acids is 3. The smallest absolute Gasteiger partial charge is 0.331 e. The molecular formula is C17H14Cl2N2O4S. The van der Waals surface area contributed by atoms with Crippen LogP contribution in [0.25, 0.3) is 6.08 Å². The number of rotatable bonds is 6. The van der Waals surface area contributed by atoms with E-state index in [4.69, 9.17) is 33.7 Å². The predicted molar refractivity (Wildman–Crippen MR) is 103 cm³/mol. The number of nitrogens with two attached hydrogens (primary N) is 1. The Hall–Kier alpha value is -2.35. The SMILES string of the molecule is C[C@@H](OC(=O)/C=C/c1c(Cl)cccc1Cl)C(=O)Nc1sccc1C(N)=O. The molecule has 0 aliphatic carbocycles. The maximum Gasteiger partial charge on any atom is 0.331 e. The van der Waals surface area contributed by atoms with Gasteiger partial charge in [0.1, 0.15) is 5.00 Å². The molecule has 9 heteroatoms. The molecule has 0 aliphatic rings. The topological polar surface area (TPSA) is 98.5 Å². The number of hydrogen-bond acceptors (Lipinski definition) is 5. The van der Waals surface area contributed by atoms with Crippen LogP contribution in [0.2, 0.25) is 10.0 Å².